The van der Waals surface area contributed by atoms with Crippen molar-refractivity contribution in [1.82, 2.24) is 9.29 Å². The Morgan fingerprint density at radius 3 is 2.56 bits per heavy atom. The zero-order chi connectivity index (χ0) is 19.0. The molecule has 9 heteroatoms. The van der Waals surface area contributed by atoms with Crippen LogP contribution < -0.4 is 4.74 Å². The molecule has 0 unspecified atom stereocenters. The summed E-state index contributed by atoms with van der Waals surface area (Å²) >= 11 is 4.61. The quantitative estimate of drug-likeness (QED) is 0.565. The number of sulfonamides is 1. The molecule has 1 fully saturated rings. The average Bonchev–Trinajstić information content (AvgIpc) is 3.04. The van der Waals surface area contributed by atoms with Crippen LogP contribution in [0.3, 0.4) is 0 Å². The van der Waals surface area contributed by atoms with Gasteiger partial charge in [-0.05, 0) is 55.3 Å². The first-order chi connectivity index (χ1) is 12.9. The Morgan fingerprint density at radius 2 is 1.85 bits per heavy atom. The first-order valence-corrected chi connectivity index (χ1v) is 11.5. The molecule has 142 valence electrons. The molecular weight excluding hydrogens is 455 g/mol. The van der Waals surface area contributed by atoms with Gasteiger partial charge in [0.25, 0.3) is 5.19 Å². The Bertz CT molecular complexity index is 1060. The fourth-order valence-corrected chi connectivity index (χ4v) is 5.66. The van der Waals surface area contributed by atoms with Crippen molar-refractivity contribution in [3.8, 4) is 5.19 Å². The van der Waals surface area contributed by atoms with Gasteiger partial charge in [0, 0.05) is 17.6 Å². The Labute approximate surface area is 169 Å². The molecule has 0 N–H and O–H groups in total. The smallest absolute Gasteiger partial charge is 0.274 e. The standard InChI is InChI=1S/C18H16BrFN2O3S2/c19-12-1-4-15(5-2-12)27(23,24)22-9-7-14(8-10-22)25-18-21-16-6-3-13(20)11-17(16)26-18/h1-6,11,14H,7-10H2. The fourth-order valence-electron chi connectivity index (χ4n) is 3.02. The molecule has 3 aromatic rings. The summed E-state index contributed by atoms with van der Waals surface area (Å²) in [5.74, 6) is -0.302. The van der Waals surface area contributed by atoms with E-state index in [4.69, 9.17) is 4.74 Å². The summed E-state index contributed by atoms with van der Waals surface area (Å²) in [4.78, 5) is 4.65. The number of hydrogen-bond donors (Lipinski definition) is 0. The van der Waals surface area contributed by atoms with Gasteiger partial charge in [-0.25, -0.2) is 17.8 Å². The van der Waals surface area contributed by atoms with Gasteiger partial charge in [0.15, 0.2) is 0 Å². The first kappa shape index (κ1) is 18.8. The van der Waals surface area contributed by atoms with Crippen LogP contribution >= 0.6 is 27.3 Å². The Kier molecular flexibility index (Phi) is 5.19. The van der Waals surface area contributed by atoms with Gasteiger partial charge in [0.05, 0.1) is 15.1 Å². The number of fused-ring (bicyclic) bond motifs is 1. The summed E-state index contributed by atoms with van der Waals surface area (Å²) in [6.07, 6.45) is 1.06. The van der Waals surface area contributed by atoms with Crippen molar-refractivity contribution in [2.75, 3.05) is 13.1 Å². The minimum Gasteiger partial charge on any atom is -0.467 e. The van der Waals surface area contributed by atoms with Crippen LogP contribution in [0.5, 0.6) is 5.19 Å². The molecule has 0 amide bonds. The molecule has 1 aromatic heterocycles. The topological polar surface area (TPSA) is 59.5 Å². The highest BCUT2D eigenvalue weighted by molar-refractivity contribution is 9.10. The lowest BCUT2D eigenvalue weighted by Crippen LogP contribution is -2.41. The summed E-state index contributed by atoms with van der Waals surface area (Å²) in [6, 6.07) is 11.1. The highest BCUT2D eigenvalue weighted by Crippen LogP contribution is 2.31. The zero-order valence-corrected chi connectivity index (χ0v) is 17.4. The van der Waals surface area contributed by atoms with E-state index in [-0.39, 0.29) is 11.9 Å². The van der Waals surface area contributed by atoms with Gasteiger partial charge in [-0.3, -0.25) is 0 Å². The third-order valence-electron chi connectivity index (χ3n) is 4.45. The third kappa shape index (κ3) is 4.01. The molecule has 0 atom stereocenters. The molecule has 0 spiro atoms. The van der Waals surface area contributed by atoms with Crippen molar-refractivity contribution in [2.24, 2.45) is 0 Å². The minimum atomic E-state index is -3.50. The molecule has 2 aromatic carbocycles. The van der Waals surface area contributed by atoms with Crippen LogP contribution in [0.2, 0.25) is 0 Å². The number of ether oxygens (including phenoxy) is 1. The Balaban J connectivity index is 1.41. The van der Waals surface area contributed by atoms with Crippen LogP contribution in [0, 0.1) is 5.82 Å². The lowest BCUT2D eigenvalue weighted by atomic mass is 10.1. The molecule has 2 heterocycles. The van der Waals surface area contributed by atoms with Crippen LogP contribution in [0.1, 0.15) is 12.8 Å². The summed E-state index contributed by atoms with van der Waals surface area (Å²) in [5.41, 5.74) is 0.701. The maximum Gasteiger partial charge on any atom is 0.274 e. The van der Waals surface area contributed by atoms with Crippen LogP contribution in [-0.4, -0.2) is 36.9 Å². The van der Waals surface area contributed by atoms with Crippen molar-refractivity contribution >= 4 is 47.5 Å². The van der Waals surface area contributed by atoms with E-state index in [0.29, 0.717) is 41.5 Å². The van der Waals surface area contributed by atoms with Crippen LogP contribution in [0.25, 0.3) is 10.2 Å². The number of nitrogens with zero attached hydrogens (tertiary/aromatic N) is 2. The molecule has 1 saturated heterocycles. The summed E-state index contributed by atoms with van der Waals surface area (Å²) < 4.78 is 47.8. The zero-order valence-electron chi connectivity index (χ0n) is 14.1. The third-order valence-corrected chi connectivity index (χ3v) is 7.80. The molecule has 1 aliphatic heterocycles. The highest BCUT2D eigenvalue weighted by Gasteiger charge is 2.30. The molecule has 4 rings (SSSR count). The second-order valence-corrected chi connectivity index (χ2v) is 10.1. The van der Waals surface area contributed by atoms with Crippen LogP contribution in [0.4, 0.5) is 4.39 Å². The predicted molar refractivity (Wildman–Crippen MR) is 106 cm³/mol. The van der Waals surface area contributed by atoms with E-state index in [0.717, 1.165) is 9.17 Å². The Morgan fingerprint density at radius 1 is 1.15 bits per heavy atom. The lowest BCUT2D eigenvalue weighted by molar-refractivity contribution is 0.135. The van der Waals surface area contributed by atoms with E-state index >= 15 is 0 Å². The van der Waals surface area contributed by atoms with Crippen molar-refractivity contribution in [3.63, 3.8) is 0 Å². The maximum atomic E-state index is 13.3. The van der Waals surface area contributed by atoms with E-state index in [1.807, 2.05) is 0 Å². The van der Waals surface area contributed by atoms with Gasteiger partial charge in [0.2, 0.25) is 10.0 Å². The van der Waals surface area contributed by atoms with E-state index in [2.05, 4.69) is 20.9 Å². The van der Waals surface area contributed by atoms with Crippen molar-refractivity contribution < 1.29 is 17.5 Å². The minimum absolute atomic E-state index is 0.105. The molecule has 27 heavy (non-hydrogen) atoms. The van der Waals surface area contributed by atoms with Gasteiger partial charge < -0.3 is 4.74 Å². The van der Waals surface area contributed by atoms with Gasteiger partial charge in [-0.15, -0.1) is 0 Å². The summed E-state index contributed by atoms with van der Waals surface area (Å²) in [6.45, 7) is 0.783. The number of thiazole rings is 1. The van der Waals surface area contributed by atoms with Gasteiger partial charge in [-0.2, -0.15) is 4.31 Å². The first-order valence-electron chi connectivity index (χ1n) is 8.40. The van der Waals surface area contributed by atoms with E-state index in [1.54, 1.807) is 30.3 Å². The van der Waals surface area contributed by atoms with Crippen molar-refractivity contribution in [3.05, 3.63) is 52.8 Å². The summed E-state index contributed by atoms with van der Waals surface area (Å²) in [7, 11) is -3.50. The number of rotatable bonds is 4. The largest absolute Gasteiger partial charge is 0.467 e. The monoisotopic (exact) mass is 470 g/mol. The predicted octanol–water partition coefficient (Wildman–Crippen LogP) is 4.43. The lowest BCUT2D eigenvalue weighted by Gasteiger charge is -2.30. The second-order valence-electron chi connectivity index (χ2n) is 6.27. The average molecular weight is 471 g/mol. The number of hydrogen-bond acceptors (Lipinski definition) is 5. The van der Waals surface area contributed by atoms with Crippen LogP contribution in [0.15, 0.2) is 51.8 Å². The summed E-state index contributed by atoms with van der Waals surface area (Å²) in [5, 5.41) is 0.491. The van der Waals surface area contributed by atoms with E-state index in [9.17, 15) is 12.8 Å². The number of benzene rings is 2. The van der Waals surface area contributed by atoms with Crippen LogP contribution in [-0.2, 0) is 10.0 Å². The molecule has 0 bridgehead atoms. The molecule has 5 nitrogen and oxygen atoms in total. The highest BCUT2D eigenvalue weighted by atomic mass is 79.9. The molecule has 0 saturated carbocycles. The SMILES string of the molecule is O=S(=O)(c1ccc(Br)cc1)N1CCC(Oc2nc3ccc(F)cc3s2)CC1. The Hall–Kier alpha value is -1.55. The van der Waals surface area contributed by atoms with E-state index < -0.39 is 10.0 Å². The van der Waals surface area contributed by atoms with Gasteiger partial charge in [-0.1, -0.05) is 27.3 Å². The van der Waals surface area contributed by atoms with Crippen molar-refractivity contribution in [1.29, 1.82) is 0 Å². The molecule has 1 aliphatic rings. The normalized spacial score (nSPS) is 16.7. The van der Waals surface area contributed by atoms with Gasteiger partial charge >= 0.3 is 0 Å². The molecule has 0 radical (unpaired) electrons. The number of halogens is 2. The number of piperidine rings is 1. The number of aromatic nitrogens is 1. The van der Waals surface area contributed by atoms with E-state index in [1.165, 1.54) is 27.8 Å². The fraction of sp³-hybridized carbons (Fsp3) is 0.278. The molecular formula is C18H16BrFN2O3S2. The van der Waals surface area contributed by atoms with Gasteiger partial charge in [0.1, 0.15) is 11.9 Å². The van der Waals surface area contributed by atoms with Crippen molar-refractivity contribution in [2.45, 2.75) is 23.8 Å². The molecule has 0 aliphatic carbocycles. The maximum absolute atomic E-state index is 13.3. The second kappa shape index (κ2) is 7.46.